The third-order valence-electron chi connectivity index (χ3n) is 4.29. The van der Waals surface area contributed by atoms with Gasteiger partial charge in [0.25, 0.3) is 0 Å². The maximum absolute atomic E-state index is 5.80. The van der Waals surface area contributed by atoms with Crippen LogP contribution in [0.2, 0.25) is 0 Å². The van der Waals surface area contributed by atoms with Crippen LogP contribution in [0.25, 0.3) is 0 Å². The first kappa shape index (κ1) is 17.1. The Kier molecular flexibility index (Phi) is 7.04. The molecule has 0 aliphatic heterocycles. The molecule has 1 aromatic rings. The minimum atomic E-state index is 0.515. The van der Waals surface area contributed by atoms with Gasteiger partial charge < -0.3 is 14.8 Å². The second-order valence-corrected chi connectivity index (χ2v) is 6.82. The van der Waals surface area contributed by atoms with Gasteiger partial charge in [-0.15, -0.1) is 0 Å². The molecule has 0 radical (unpaired) electrons. The third kappa shape index (κ3) is 5.53. The summed E-state index contributed by atoms with van der Waals surface area (Å²) in [5.74, 6) is 3.05. The van der Waals surface area contributed by atoms with Crippen LogP contribution in [0.1, 0.15) is 51.5 Å². The van der Waals surface area contributed by atoms with Crippen LogP contribution in [0.4, 0.5) is 0 Å². The Morgan fingerprint density at radius 1 is 1.14 bits per heavy atom. The Morgan fingerprint density at radius 3 is 2.59 bits per heavy atom. The first-order valence-electron chi connectivity index (χ1n) is 8.69. The summed E-state index contributed by atoms with van der Waals surface area (Å²) in [5, 5.41) is 3.60. The second kappa shape index (κ2) is 9.04. The van der Waals surface area contributed by atoms with Crippen LogP contribution in [0.15, 0.2) is 18.2 Å². The molecule has 0 saturated heterocycles. The molecule has 124 valence electrons. The fourth-order valence-corrected chi connectivity index (χ4v) is 3.01. The fraction of sp³-hybridized carbons (Fsp3) is 0.684. The molecule has 0 heterocycles. The predicted molar refractivity (Wildman–Crippen MR) is 91.6 cm³/mol. The normalized spacial score (nSPS) is 16.0. The molecule has 0 amide bonds. The van der Waals surface area contributed by atoms with Gasteiger partial charge in [0.15, 0.2) is 11.5 Å². The molecular formula is C19H31NO2. The first-order chi connectivity index (χ1) is 10.7. The van der Waals surface area contributed by atoms with Crippen LogP contribution >= 0.6 is 0 Å². The zero-order chi connectivity index (χ0) is 15.8. The lowest BCUT2D eigenvalue weighted by Crippen LogP contribution is -2.24. The molecule has 3 nitrogen and oxygen atoms in total. The molecule has 1 aliphatic rings. The molecule has 0 spiro atoms. The average molecular weight is 305 g/mol. The molecule has 1 aromatic carbocycles. The molecule has 3 heteroatoms. The van der Waals surface area contributed by atoms with Crippen molar-refractivity contribution in [3.63, 3.8) is 0 Å². The van der Waals surface area contributed by atoms with Crippen molar-refractivity contribution in [2.24, 2.45) is 11.8 Å². The summed E-state index contributed by atoms with van der Waals surface area (Å²) >= 11 is 0. The highest BCUT2D eigenvalue weighted by Gasteiger charge is 2.13. The van der Waals surface area contributed by atoms with E-state index in [1.165, 1.54) is 37.7 Å². The number of rotatable bonds is 8. The Morgan fingerprint density at radius 2 is 1.91 bits per heavy atom. The van der Waals surface area contributed by atoms with E-state index in [0.717, 1.165) is 37.1 Å². The summed E-state index contributed by atoms with van der Waals surface area (Å²) in [6.07, 6.45) is 7.01. The average Bonchev–Trinajstić information content (AvgIpc) is 2.54. The van der Waals surface area contributed by atoms with Crippen LogP contribution in [0, 0.1) is 11.8 Å². The monoisotopic (exact) mass is 305 g/mol. The number of methoxy groups -OCH3 is 1. The molecule has 1 saturated carbocycles. The SMILES string of the molecule is COc1cc(CNCC2CCCCC2)ccc1OCC(C)C. The smallest absolute Gasteiger partial charge is 0.161 e. The predicted octanol–water partition coefficient (Wildman–Crippen LogP) is 4.40. The molecule has 1 N–H and O–H groups in total. The van der Waals surface area contributed by atoms with Crippen LogP contribution < -0.4 is 14.8 Å². The van der Waals surface area contributed by atoms with Crippen molar-refractivity contribution in [2.75, 3.05) is 20.3 Å². The standard InChI is InChI=1S/C19H31NO2/c1-15(2)14-22-18-10-9-17(11-19(18)21-3)13-20-12-16-7-5-4-6-8-16/h9-11,15-16,20H,4-8,12-14H2,1-3H3. The van der Waals surface area contributed by atoms with Crippen molar-refractivity contribution in [3.8, 4) is 11.5 Å². The summed E-state index contributed by atoms with van der Waals surface area (Å²) < 4.78 is 11.3. The lowest BCUT2D eigenvalue weighted by atomic mass is 9.89. The van der Waals surface area contributed by atoms with Crippen molar-refractivity contribution in [1.29, 1.82) is 0 Å². The summed E-state index contributed by atoms with van der Waals surface area (Å²) in [5.41, 5.74) is 1.25. The highest BCUT2D eigenvalue weighted by molar-refractivity contribution is 5.42. The number of hydrogen-bond acceptors (Lipinski definition) is 3. The molecule has 1 aliphatic carbocycles. The van der Waals surface area contributed by atoms with E-state index in [0.29, 0.717) is 5.92 Å². The highest BCUT2D eigenvalue weighted by atomic mass is 16.5. The second-order valence-electron chi connectivity index (χ2n) is 6.82. The number of hydrogen-bond donors (Lipinski definition) is 1. The van der Waals surface area contributed by atoms with Gasteiger partial charge in [-0.1, -0.05) is 39.2 Å². The molecule has 0 atom stereocenters. The highest BCUT2D eigenvalue weighted by Crippen LogP contribution is 2.28. The van der Waals surface area contributed by atoms with E-state index in [-0.39, 0.29) is 0 Å². The number of nitrogens with one attached hydrogen (secondary N) is 1. The van der Waals surface area contributed by atoms with Gasteiger partial charge in [-0.25, -0.2) is 0 Å². The van der Waals surface area contributed by atoms with Crippen molar-refractivity contribution >= 4 is 0 Å². The van der Waals surface area contributed by atoms with E-state index >= 15 is 0 Å². The first-order valence-corrected chi connectivity index (χ1v) is 8.69. The minimum Gasteiger partial charge on any atom is -0.493 e. The van der Waals surface area contributed by atoms with Crippen LogP contribution in [0.3, 0.4) is 0 Å². The molecule has 0 unspecified atom stereocenters. The third-order valence-corrected chi connectivity index (χ3v) is 4.29. The Bertz CT molecular complexity index is 439. The summed E-state index contributed by atoms with van der Waals surface area (Å²) in [6.45, 7) is 7.05. The maximum atomic E-state index is 5.80. The molecule has 2 rings (SSSR count). The topological polar surface area (TPSA) is 30.5 Å². The zero-order valence-corrected chi connectivity index (χ0v) is 14.4. The van der Waals surface area contributed by atoms with Crippen LogP contribution in [-0.2, 0) is 6.54 Å². The number of benzene rings is 1. The Labute approximate surface area is 135 Å². The van der Waals surface area contributed by atoms with E-state index in [1.54, 1.807) is 7.11 Å². The molecule has 22 heavy (non-hydrogen) atoms. The zero-order valence-electron chi connectivity index (χ0n) is 14.4. The summed E-state index contributed by atoms with van der Waals surface area (Å²) in [6, 6.07) is 6.24. The van der Waals surface area contributed by atoms with E-state index in [2.05, 4.69) is 31.3 Å². The van der Waals surface area contributed by atoms with E-state index < -0.39 is 0 Å². The fourth-order valence-electron chi connectivity index (χ4n) is 3.01. The summed E-state index contributed by atoms with van der Waals surface area (Å²) in [4.78, 5) is 0. The van der Waals surface area contributed by atoms with Gasteiger partial charge in [0.05, 0.1) is 13.7 Å². The van der Waals surface area contributed by atoms with Crippen LogP contribution in [0.5, 0.6) is 11.5 Å². The minimum absolute atomic E-state index is 0.515. The van der Waals surface area contributed by atoms with Gasteiger partial charge in [0, 0.05) is 6.54 Å². The van der Waals surface area contributed by atoms with Gasteiger partial charge in [-0.05, 0) is 48.9 Å². The lowest BCUT2D eigenvalue weighted by Gasteiger charge is -2.22. The van der Waals surface area contributed by atoms with Crippen LogP contribution in [-0.4, -0.2) is 20.3 Å². The molecular weight excluding hydrogens is 274 g/mol. The molecule has 0 aromatic heterocycles. The lowest BCUT2D eigenvalue weighted by molar-refractivity contribution is 0.256. The maximum Gasteiger partial charge on any atom is 0.161 e. The van der Waals surface area contributed by atoms with Gasteiger partial charge in [0.2, 0.25) is 0 Å². The van der Waals surface area contributed by atoms with E-state index in [1.807, 2.05) is 6.07 Å². The van der Waals surface area contributed by atoms with Gasteiger partial charge >= 0.3 is 0 Å². The van der Waals surface area contributed by atoms with E-state index in [4.69, 9.17) is 9.47 Å². The molecule has 1 fully saturated rings. The van der Waals surface area contributed by atoms with Crippen molar-refractivity contribution in [2.45, 2.75) is 52.5 Å². The quantitative estimate of drug-likeness (QED) is 0.772. The van der Waals surface area contributed by atoms with E-state index in [9.17, 15) is 0 Å². The summed E-state index contributed by atoms with van der Waals surface area (Å²) in [7, 11) is 1.71. The van der Waals surface area contributed by atoms with Crippen molar-refractivity contribution < 1.29 is 9.47 Å². The largest absolute Gasteiger partial charge is 0.493 e. The molecule has 0 bridgehead atoms. The van der Waals surface area contributed by atoms with Gasteiger partial charge in [-0.3, -0.25) is 0 Å². The Hall–Kier alpha value is -1.22. The number of ether oxygens (including phenoxy) is 2. The van der Waals surface area contributed by atoms with Gasteiger partial charge in [-0.2, -0.15) is 0 Å². The van der Waals surface area contributed by atoms with Crippen molar-refractivity contribution in [3.05, 3.63) is 23.8 Å². The van der Waals surface area contributed by atoms with Crippen molar-refractivity contribution in [1.82, 2.24) is 5.32 Å². The van der Waals surface area contributed by atoms with Gasteiger partial charge in [0.1, 0.15) is 0 Å². The Balaban J connectivity index is 1.83.